The Morgan fingerprint density at radius 2 is 2.13 bits per heavy atom. The Hall–Kier alpha value is -0.236. The number of ketones is 2. The second kappa shape index (κ2) is 7.92. The molecule has 5 aliphatic rings. The molecule has 0 amide bonds. The van der Waals surface area contributed by atoms with E-state index in [9.17, 15) is 14.7 Å². The van der Waals surface area contributed by atoms with Gasteiger partial charge in [-0.1, -0.05) is 37.9 Å². The molecule has 1 heterocycles. The van der Waals surface area contributed by atoms with Gasteiger partial charge in [0.15, 0.2) is 23.5 Å². The average molecular weight is 504 g/mol. The first-order valence-electron chi connectivity index (χ1n) is 11.0. The predicted molar refractivity (Wildman–Crippen MR) is 108 cm³/mol. The molecule has 1 aliphatic heterocycles. The van der Waals surface area contributed by atoms with Gasteiger partial charge in [-0.2, -0.15) is 5.92 Å². The fraction of sp³-hybridized carbons (Fsp3) is 0.708. The van der Waals surface area contributed by atoms with Crippen LogP contribution in [-0.2, 0) is 56.5 Å². The molecule has 6 nitrogen and oxygen atoms in total. The zero-order valence-corrected chi connectivity index (χ0v) is 21.6. The SMILES string of the molecule is COCC(=O)C12OC(C)OC1CC1C3CCC4=CC(=O)C=CC4(C)[C-]3C(O)CC12C.[Y]. The Kier molecular flexibility index (Phi) is 6.11. The van der Waals surface area contributed by atoms with Gasteiger partial charge >= 0.3 is 0 Å². The predicted octanol–water partition coefficient (Wildman–Crippen LogP) is 2.55. The van der Waals surface area contributed by atoms with Gasteiger partial charge in [-0.15, -0.1) is 11.5 Å². The number of Topliss-reactive ketones (excluding diaryl/α,β-unsaturated/α-hetero) is 1. The van der Waals surface area contributed by atoms with E-state index in [2.05, 4.69) is 13.8 Å². The number of carbonyl (C=O) groups is 2. The molecule has 1 radical (unpaired) electrons. The third-order valence-corrected chi connectivity index (χ3v) is 8.74. The zero-order valence-electron chi connectivity index (χ0n) is 18.7. The first-order chi connectivity index (χ1) is 14.2. The number of aliphatic hydroxyl groups is 1. The van der Waals surface area contributed by atoms with Crippen LogP contribution in [0.15, 0.2) is 23.8 Å². The van der Waals surface area contributed by atoms with Crippen LogP contribution in [-0.4, -0.2) is 54.5 Å². The third kappa shape index (κ3) is 3.05. The molecule has 0 aromatic rings. The molecule has 4 aliphatic carbocycles. The molecular formula is C24H31O6Y-. The van der Waals surface area contributed by atoms with Crippen molar-refractivity contribution in [2.75, 3.05) is 13.7 Å². The second-order valence-corrected chi connectivity index (χ2v) is 10.1. The topological polar surface area (TPSA) is 82.1 Å². The summed E-state index contributed by atoms with van der Waals surface area (Å²) in [5.74, 6) is 1.34. The van der Waals surface area contributed by atoms with Crippen LogP contribution in [0.4, 0.5) is 0 Å². The third-order valence-electron chi connectivity index (χ3n) is 8.74. The number of allylic oxidation sites excluding steroid dienone is 4. The standard InChI is InChI=1S/C24H31O6.Y/c1-13-29-20-10-17-16-6-5-14-9-15(25)7-8-22(14,2)21(16)18(26)11-23(17,3)24(20,30-13)19(27)12-28-4;/h7-9,13,16-18,20,26H,5-6,10-12H2,1-4H3;/q-1;. The maximum Gasteiger partial charge on any atom is 0.193 e. The van der Waals surface area contributed by atoms with Gasteiger partial charge in [0.2, 0.25) is 0 Å². The number of hydrogen-bond donors (Lipinski definition) is 1. The number of aliphatic hydroxyl groups excluding tert-OH is 1. The zero-order chi connectivity index (χ0) is 21.5. The van der Waals surface area contributed by atoms with E-state index in [4.69, 9.17) is 14.2 Å². The number of hydrogen-bond acceptors (Lipinski definition) is 6. The molecule has 1 N–H and O–H groups in total. The first-order valence-corrected chi connectivity index (χ1v) is 11.0. The monoisotopic (exact) mass is 504 g/mol. The van der Waals surface area contributed by atoms with Gasteiger partial charge < -0.3 is 19.3 Å². The summed E-state index contributed by atoms with van der Waals surface area (Å²) in [7, 11) is 1.52. The minimum atomic E-state index is -1.09. The molecule has 0 aromatic carbocycles. The Morgan fingerprint density at radius 3 is 2.84 bits per heavy atom. The number of methoxy groups -OCH3 is 1. The summed E-state index contributed by atoms with van der Waals surface area (Å²) < 4.78 is 17.6. The van der Waals surface area contributed by atoms with E-state index in [1.54, 1.807) is 12.2 Å². The number of carbonyl (C=O) groups excluding carboxylic acids is 2. The number of rotatable bonds is 3. The summed E-state index contributed by atoms with van der Waals surface area (Å²) in [6.07, 6.45) is 6.73. The molecule has 0 aromatic heterocycles. The molecule has 31 heavy (non-hydrogen) atoms. The largest absolute Gasteiger partial charge is 0.425 e. The van der Waals surface area contributed by atoms with E-state index in [0.29, 0.717) is 6.42 Å². The smallest absolute Gasteiger partial charge is 0.193 e. The summed E-state index contributed by atoms with van der Waals surface area (Å²) in [6, 6.07) is 0. The maximum absolute atomic E-state index is 13.4. The number of ether oxygens (including phenoxy) is 3. The van der Waals surface area contributed by atoms with Crippen LogP contribution in [0.3, 0.4) is 0 Å². The molecule has 0 spiro atoms. The van der Waals surface area contributed by atoms with E-state index < -0.39 is 28.8 Å². The summed E-state index contributed by atoms with van der Waals surface area (Å²) >= 11 is 0. The molecule has 5 rings (SSSR count). The van der Waals surface area contributed by atoms with Crippen LogP contribution in [0.1, 0.15) is 46.5 Å². The normalized spacial score (nSPS) is 48.2. The summed E-state index contributed by atoms with van der Waals surface area (Å²) in [5.41, 5.74) is -0.950. The number of fused-ring (bicyclic) bond motifs is 7. The van der Waals surface area contributed by atoms with Gasteiger partial charge in [-0.3, -0.25) is 15.5 Å². The van der Waals surface area contributed by atoms with E-state index in [0.717, 1.165) is 30.8 Å². The van der Waals surface area contributed by atoms with Crippen LogP contribution in [0.5, 0.6) is 0 Å². The van der Waals surface area contributed by atoms with E-state index in [-0.39, 0.29) is 68.8 Å². The summed E-state index contributed by atoms with van der Waals surface area (Å²) in [5, 5.41) is 11.5. The molecular weight excluding hydrogens is 473 g/mol. The van der Waals surface area contributed by atoms with Gasteiger partial charge in [0, 0.05) is 45.2 Å². The summed E-state index contributed by atoms with van der Waals surface area (Å²) in [6.45, 7) is 6.02. The van der Waals surface area contributed by atoms with E-state index in [1.807, 2.05) is 13.0 Å². The minimum Gasteiger partial charge on any atom is -0.425 e. The van der Waals surface area contributed by atoms with Crippen LogP contribution >= 0.6 is 0 Å². The fourth-order valence-electron chi connectivity index (χ4n) is 7.61. The Bertz CT molecular complexity index is 853. The summed E-state index contributed by atoms with van der Waals surface area (Å²) in [4.78, 5) is 25.3. The minimum absolute atomic E-state index is 0. The van der Waals surface area contributed by atoms with Crippen molar-refractivity contribution in [1.29, 1.82) is 0 Å². The van der Waals surface area contributed by atoms with Crippen LogP contribution in [0.2, 0.25) is 0 Å². The van der Waals surface area contributed by atoms with Crippen molar-refractivity contribution in [3.05, 3.63) is 29.7 Å². The van der Waals surface area contributed by atoms with Gasteiger partial charge in [0.25, 0.3) is 0 Å². The Morgan fingerprint density at radius 1 is 1.39 bits per heavy atom. The Balaban J connectivity index is 0.00000231. The van der Waals surface area contributed by atoms with Crippen LogP contribution in [0.25, 0.3) is 0 Å². The van der Waals surface area contributed by atoms with Crippen molar-refractivity contribution >= 4 is 11.6 Å². The second-order valence-electron chi connectivity index (χ2n) is 10.1. The van der Waals surface area contributed by atoms with Gasteiger partial charge in [0.1, 0.15) is 6.61 Å². The fourth-order valence-corrected chi connectivity index (χ4v) is 7.61. The van der Waals surface area contributed by atoms with Crippen LogP contribution in [0, 0.1) is 28.6 Å². The van der Waals surface area contributed by atoms with E-state index >= 15 is 0 Å². The molecule has 4 fully saturated rings. The van der Waals surface area contributed by atoms with Crippen molar-refractivity contribution in [2.45, 2.75) is 70.6 Å². The van der Waals surface area contributed by atoms with Gasteiger partial charge in [-0.25, -0.2) is 0 Å². The van der Waals surface area contributed by atoms with E-state index in [1.165, 1.54) is 7.11 Å². The molecule has 8 unspecified atom stereocenters. The van der Waals surface area contributed by atoms with Gasteiger partial charge in [-0.05, 0) is 38.3 Å². The first kappa shape index (κ1) is 23.9. The maximum atomic E-state index is 13.4. The van der Waals surface area contributed by atoms with Crippen molar-refractivity contribution in [3.63, 3.8) is 0 Å². The van der Waals surface area contributed by atoms with Crippen molar-refractivity contribution in [1.82, 2.24) is 0 Å². The molecule has 7 heteroatoms. The van der Waals surface area contributed by atoms with Crippen molar-refractivity contribution < 1.29 is 61.6 Å². The molecule has 1 saturated heterocycles. The average Bonchev–Trinajstić information content (AvgIpc) is 3.13. The van der Waals surface area contributed by atoms with Gasteiger partial charge in [0.05, 0.1) is 6.10 Å². The molecule has 167 valence electrons. The Labute approximate surface area is 209 Å². The van der Waals surface area contributed by atoms with Crippen molar-refractivity contribution in [2.24, 2.45) is 22.7 Å². The quantitative estimate of drug-likeness (QED) is 0.596. The molecule has 8 atom stereocenters. The molecule has 0 bridgehead atoms. The van der Waals surface area contributed by atoms with Crippen LogP contribution < -0.4 is 0 Å². The molecule has 3 saturated carbocycles. The van der Waals surface area contributed by atoms with Crippen molar-refractivity contribution in [3.8, 4) is 0 Å².